The molecule has 132 valence electrons. The van der Waals surface area contributed by atoms with E-state index in [4.69, 9.17) is 17.3 Å². The maximum Gasteiger partial charge on any atom is 0.416 e. The molecular formula is C19H18ClF3N2. The van der Waals surface area contributed by atoms with Gasteiger partial charge in [-0.05, 0) is 67.3 Å². The molecule has 3 N–H and O–H groups in total. The lowest BCUT2D eigenvalue weighted by Crippen LogP contribution is -2.04. The molecule has 0 saturated heterocycles. The number of unbranched alkanes of at least 4 members (excludes halogenated alkanes) is 1. The molecule has 1 aromatic heterocycles. The molecule has 0 fully saturated rings. The molecule has 25 heavy (non-hydrogen) atoms. The van der Waals surface area contributed by atoms with Gasteiger partial charge in [-0.15, -0.1) is 0 Å². The quantitative estimate of drug-likeness (QED) is 0.551. The number of aryl methyl sites for hydroxylation is 1. The Bertz CT molecular complexity index is 884. The molecule has 0 aliphatic carbocycles. The number of halogens is 4. The normalized spacial score (nSPS) is 12.0. The molecule has 0 atom stereocenters. The summed E-state index contributed by atoms with van der Waals surface area (Å²) >= 11 is 6.08. The Morgan fingerprint density at radius 2 is 1.84 bits per heavy atom. The van der Waals surface area contributed by atoms with E-state index in [9.17, 15) is 13.2 Å². The molecule has 3 rings (SSSR count). The molecule has 3 aromatic rings. The van der Waals surface area contributed by atoms with Crippen LogP contribution in [0.1, 0.15) is 24.0 Å². The number of hydrogen-bond acceptors (Lipinski definition) is 1. The minimum absolute atomic E-state index is 0.558. The number of nitrogens with one attached hydrogen (secondary N) is 1. The highest BCUT2D eigenvalue weighted by molar-refractivity contribution is 6.30. The standard InChI is InChI=1S/C19H18ClF3N2/c20-14-5-3-4-12(10-14)18-15(6-1-2-9-24)16-11-13(19(21,22)23)7-8-17(16)25-18/h3-5,7-8,10-11,25H,1-2,6,9,24H2. The fraction of sp³-hybridized carbons (Fsp3) is 0.263. The summed E-state index contributed by atoms with van der Waals surface area (Å²) in [6.07, 6.45) is -2.08. The molecule has 2 nitrogen and oxygen atoms in total. The Morgan fingerprint density at radius 3 is 2.52 bits per heavy atom. The van der Waals surface area contributed by atoms with Gasteiger partial charge in [-0.25, -0.2) is 0 Å². The zero-order chi connectivity index (χ0) is 18.0. The topological polar surface area (TPSA) is 41.8 Å². The summed E-state index contributed by atoms with van der Waals surface area (Å²) < 4.78 is 39.3. The summed E-state index contributed by atoms with van der Waals surface area (Å²) in [6.45, 7) is 0.558. The van der Waals surface area contributed by atoms with Gasteiger partial charge in [0.2, 0.25) is 0 Å². The summed E-state index contributed by atoms with van der Waals surface area (Å²) in [5, 5.41) is 1.18. The number of alkyl halides is 3. The summed E-state index contributed by atoms with van der Waals surface area (Å²) in [7, 11) is 0. The average molecular weight is 367 g/mol. The van der Waals surface area contributed by atoms with Crippen LogP contribution in [0, 0.1) is 0 Å². The highest BCUT2D eigenvalue weighted by Crippen LogP contribution is 2.36. The van der Waals surface area contributed by atoms with Gasteiger partial charge in [0.1, 0.15) is 0 Å². The van der Waals surface area contributed by atoms with Crippen LogP contribution < -0.4 is 5.73 Å². The van der Waals surface area contributed by atoms with Gasteiger partial charge in [-0.2, -0.15) is 13.2 Å². The lowest BCUT2D eigenvalue weighted by molar-refractivity contribution is -0.137. The second kappa shape index (κ2) is 7.10. The van der Waals surface area contributed by atoms with Crippen LogP contribution in [0.5, 0.6) is 0 Å². The van der Waals surface area contributed by atoms with E-state index in [0.29, 0.717) is 28.9 Å². The van der Waals surface area contributed by atoms with Crippen molar-refractivity contribution in [3.8, 4) is 11.3 Å². The van der Waals surface area contributed by atoms with Gasteiger partial charge in [0, 0.05) is 21.6 Å². The molecule has 0 saturated carbocycles. The fourth-order valence-electron chi connectivity index (χ4n) is 3.02. The van der Waals surface area contributed by atoms with Crippen molar-refractivity contribution in [2.75, 3.05) is 6.54 Å². The monoisotopic (exact) mass is 366 g/mol. The van der Waals surface area contributed by atoms with E-state index in [1.165, 1.54) is 12.1 Å². The molecule has 0 radical (unpaired) electrons. The van der Waals surface area contributed by atoms with Crippen LogP contribution >= 0.6 is 11.6 Å². The van der Waals surface area contributed by atoms with Crippen molar-refractivity contribution in [2.24, 2.45) is 5.73 Å². The number of aromatic nitrogens is 1. The summed E-state index contributed by atoms with van der Waals surface area (Å²) in [4.78, 5) is 3.26. The molecule has 1 heterocycles. The summed E-state index contributed by atoms with van der Waals surface area (Å²) in [5.41, 5.74) is 8.15. The Hall–Kier alpha value is -1.98. The summed E-state index contributed by atoms with van der Waals surface area (Å²) in [5.74, 6) is 0. The van der Waals surface area contributed by atoms with Crippen molar-refractivity contribution in [2.45, 2.75) is 25.4 Å². The maximum absolute atomic E-state index is 13.1. The largest absolute Gasteiger partial charge is 0.416 e. The molecule has 0 amide bonds. The number of nitrogens with two attached hydrogens (primary N) is 1. The van der Waals surface area contributed by atoms with Gasteiger partial charge in [-0.3, -0.25) is 0 Å². The number of aromatic amines is 1. The molecule has 2 aromatic carbocycles. The maximum atomic E-state index is 13.1. The molecule has 6 heteroatoms. The summed E-state index contributed by atoms with van der Waals surface area (Å²) in [6, 6.07) is 11.1. The molecule has 0 spiro atoms. The average Bonchev–Trinajstić information content (AvgIpc) is 2.92. The van der Waals surface area contributed by atoms with Crippen molar-refractivity contribution in [3.05, 3.63) is 58.6 Å². The Labute approximate surface area is 148 Å². The number of fused-ring (bicyclic) bond motifs is 1. The smallest absolute Gasteiger partial charge is 0.354 e. The third-order valence-electron chi connectivity index (χ3n) is 4.23. The van der Waals surface area contributed by atoms with E-state index < -0.39 is 11.7 Å². The number of benzene rings is 2. The number of rotatable bonds is 5. The zero-order valence-electron chi connectivity index (χ0n) is 13.5. The van der Waals surface area contributed by atoms with Crippen molar-refractivity contribution < 1.29 is 13.2 Å². The second-order valence-corrected chi connectivity index (χ2v) is 6.43. The molecular weight excluding hydrogens is 349 g/mol. The lowest BCUT2D eigenvalue weighted by Gasteiger charge is -2.08. The van der Waals surface area contributed by atoms with Gasteiger partial charge >= 0.3 is 6.18 Å². The van der Waals surface area contributed by atoms with Gasteiger partial charge < -0.3 is 10.7 Å². The predicted octanol–water partition coefficient (Wildman–Crippen LogP) is 5.79. The molecule has 0 unspecified atom stereocenters. The van der Waals surface area contributed by atoms with Crippen molar-refractivity contribution in [3.63, 3.8) is 0 Å². The van der Waals surface area contributed by atoms with Gasteiger partial charge in [0.15, 0.2) is 0 Å². The first-order chi connectivity index (χ1) is 11.9. The van der Waals surface area contributed by atoms with Gasteiger partial charge in [-0.1, -0.05) is 23.7 Å². The van der Waals surface area contributed by atoms with Crippen LogP contribution in [0.15, 0.2) is 42.5 Å². The van der Waals surface area contributed by atoms with E-state index in [-0.39, 0.29) is 0 Å². The van der Waals surface area contributed by atoms with E-state index in [0.717, 1.165) is 35.7 Å². The zero-order valence-corrected chi connectivity index (χ0v) is 14.2. The number of H-pyrrole nitrogens is 1. The first-order valence-electron chi connectivity index (χ1n) is 8.08. The Kier molecular flexibility index (Phi) is 5.06. The third kappa shape index (κ3) is 3.83. The minimum Gasteiger partial charge on any atom is -0.354 e. The van der Waals surface area contributed by atoms with Crippen LogP contribution in [-0.2, 0) is 12.6 Å². The Balaban J connectivity index is 2.16. The highest BCUT2D eigenvalue weighted by Gasteiger charge is 2.31. The SMILES string of the molecule is NCCCCc1c(-c2cccc(Cl)c2)[nH]c2ccc(C(F)(F)F)cc12. The van der Waals surface area contributed by atoms with Gasteiger partial charge in [0.25, 0.3) is 0 Å². The van der Waals surface area contributed by atoms with Gasteiger partial charge in [0.05, 0.1) is 5.56 Å². The van der Waals surface area contributed by atoms with Crippen LogP contribution in [0.25, 0.3) is 22.2 Å². The third-order valence-corrected chi connectivity index (χ3v) is 4.46. The minimum atomic E-state index is -4.36. The van der Waals surface area contributed by atoms with Crippen LogP contribution in [-0.4, -0.2) is 11.5 Å². The van der Waals surface area contributed by atoms with E-state index >= 15 is 0 Å². The van der Waals surface area contributed by atoms with Crippen molar-refractivity contribution >= 4 is 22.5 Å². The van der Waals surface area contributed by atoms with Crippen LogP contribution in [0.2, 0.25) is 5.02 Å². The molecule has 0 bridgehead atoms. The van der Waals surface area contributed by atoms with E-state index in [1.54, 1.807) is 6.07 Å². The van der Waals surface area contributed by atoms with E-state index in [2.05, 4.69) is 4.98 Å². The molecule has 0 aliphatic rings. The first-order valence-corrected chi connectivity index (χ1v) is 8.46. The van der Waals surface area contributed by atoms with Crippen molar-refractivity contribution in [1.82, 2.24) is 4.98 Å². The fourth-order valence-corrected chi connectivity index (χ4v) is 3.21. The number of hydrogen-bond donors (Lipinski definition) is 2. The van der Waals surface area contributed by atoms with Crippen LogP contribution in [0.4, 0.5) is 13.2 Å². The van der Waals surface area contributed by atoms with Crippen LogP contribution in [0.3, 0.4) is 0 Å². The highest BCUT2D eigenvalue weighted by atomic mass is 35.5. The Morgan fingerprint density at radius 1 is 1.04 bits per heavy atom. The lowest BCUT2D eigenvalue weighted by atomic mass is 9.99. The molecule has 0 aliphatic heterocycles. The van der Waals surface area contributed by atoms with E-state index in [1.807, 2.05) is 18.2 Å². The second-order valence-electron chi connectivity index (χ2n) is 5.99. The predicted molar refractivity (Wildman–Crippen MR) is 95.7 cm³/mol. The first kappa shape index (κ1) is 17.8. The van der Waals surface area contributed by atoms with Crippen molar-refractivity contribution in [1.29, 1.82) is 0 Å².